The Labute approximate surface area is 188 Å². The highest BCUT2D eigenvalue weighted by Crippen LogP contribution is 2.32. The van der Waals surface area contributed by atoms with Crippen LogP contribution in [-0.4, -0.2) is 41.6 Å². The molecule has 3 aromatic carbocycles. The molecule has 1 N–H and O–H groups in total. The van der Waals surface area contributed by atoms with E-state index in [1.165, 1.54) is 7.11 Å². The number of fused-ring (bicyclic) bond motifs is 1. The Kier molecular flexibility index (Phi) is 6.04. The minimum Gasteiger partial charge on any atom is -0.465 e. The van der Waals surface area contributed by atoms with Gasteiger partial charge in [-0.05, 0) is 47.0 Å². The maximum Gasteiger partial charge on any atom is 0.337 e. The highest BCUT2D eigenvalue weighted by molar-refractivity contribution is 8.18. The second-order valence-electron chi connectivity index (χ2n) is 6.96. The van der Waals surface area contributed by atoms with Crippen molar-refractivity contribution < 1.29 is 23.9 Å². The van der Waals surface area contributed by atoms with Gasteiger partial charge >= 0.3 is 5.97 Å². The van der Waals surface area contributed by atoms with Gasteiger partial charge in [-0.2, -0.15) is 0 Å². The molecule has 1 saturated heterocycles. The molecule has 160 valence electrons. The summed E-state index contributed by atoms with van der Waals surface area (Å²) in [6.07, 6.45) is 1.55. The van der Waals surface area contributed by atoms with Crippen molar-refractivity contribution in [1.29, 1.82) is 0 Å². The highest BCUT2D eigenvalue weighted by atomic mass is 32.2. The van der Waals surface area contributed by atoms with Gasteiger partial charge in [0.25, 0.3) is 11.1 Å². The van der Waals surface area contributed by atoms with Gasteiger partial charge in [-0.25, -0.2) is 4.79 Å². The minimum atomic E-state index is -0.537. The number of nitrogens with one attached hydrogen (secondary N) is 1. The maximum absolute atomic E-state index is 12.7. The molecule has 0 unspecified atom stereocenters. The van der Waals surface area contributed by atoms with Crippen LogP contribution < -0.4 is 5.32 Å². The number of hydrogen-bond acceptors (Lipinski definition) is 6. The fraction of sp³-hybridized carbons (Fsp3) is 0.0833. The van der Waals surface area contributed by atoms with E-state index in [2.05, 4.69) is 10.1 Å². The zero-order chi connectivity index (χ0) is 22.7. The van der Waals surface area contributed by atoms with Crippen molar-refractivity contribution in [2.75, 3.05) is 19.0 Å². The van der Waals surface area contributed by atoms with Crippen LogP contribution in [0, 0.1) is 0 Å². The lowest BCUT2D eigenvalue weighted by Gasteiger charge is -2.13. The molecule has 32 heavy (non-hydrogen) atoms. The van der Waals surface area contributed by atoms with Crippen LogP contribution in [-0.2, 0) is 14.3 Å². The van der Waals surface area contributed by atoms with Crippen LogP contribution in [0.2, 0.25) is 0 Å². The predicted molar refractivity (Wildman–Crippen MR) is 123 cm³/mol. The monoisotopic (exact) mass is 446 g/mol. The van der Waals surface area contributed by atoms with Crippen molar-refractivity contribution in [3.63, 3.8) is 0 Å². The van der Waals surface area contributed by atoms with Crippen LogP contribution in [0.5, 0.6) is 0 Å². The molecular weight excluding hydrogens is 428 g/mol. The van der Waals surface area contributed by atoms with Crippen molar-refractivity contribution in [2.24, 2.45) is 0 Å². The van der Waals surface area contributed by atoms with Crippen molar-refractivity contribution >= 4 is 57.3 Å². The second-order valence-corrected chi connectivity index (χ2v) is 7.95. The summed E-state index contributed by atoms with van der Waals surface area (Å²) in [6, 6.07) is 19.6. The first-order valence-corrected chi connectivity index (χ1v) is 10.5. The van der Waals surface area contributed by atoms with Crippen LogP contribution >= 0.6 is 11.8 Å². The van der Waals surface area contributed by atoms with Gasteiger partial charge in [-0.3, -0.25) is 19.3 Å². The fourth-order valence-corrected chi connectivity index (χ4v) is 4.13. The SMILES string of the molecule is COC(=O)c1ccc(/C=C2/SC(=O)N(CC(=O)Nc3cccc4ccccc34)C2=O)cc1. The smallest absolute Gasteiger partial charge is 0.337 e. The van der Waals surface area contributed by atoms with E-state index >= 15 is 0 Å². The molecule has 0 bridgehead atoms. The van der Waals surface area contributed by atoms with E-state index in [-0.39, 0.29) is 11.4 Å². The maximum atomic E-state index is 12.7. The van der Waals surface area contributed by atoms with E-state index in [4.69, 9.17) is 0 Å². The minimum absolute atomic E-state index is 0.207. The molecule has 3 aromatic rings. The highest BCUT2D eigenvalue weighted by Gasteiger charge is 2.36. The van der Waals surface area contributed by atoms with Gasteiger partial charge in [-0.1, -0.05) is 48.5 Å². The Hall–Kier alpha value is -3.91. The Balaban J connectivity index is 1.46. The number of methoxy groups -OCH3 is 1. The summed E-state index contributed by atoms with van der Waals surface area (Å²) < 4.78 is 4.66. The molecule has 1 aliphatic rings. The van der Waals surface area contributed by atoms with E-state index in [0.717, 1.165) is 27.4 Å². The van der Waals surface area contributed by atoms with Gasteiger partial charge in [0.15, 0.2) is 0 Å². The zero-order valence-corrected chi connectivity index (χ0v) is 17.8. The number of carbonyl (C=O) groups is 4. The third-order valence-electron chi connectivity index (χ3n) is 4.87. The number of nitrogens with zero attached hydrogens (tertiary/aromatic N) is 1. The quantitative estimate of drug-likeness (QED) is 0.464. The first kappa shape index (κ1) is 21.3. The summed E-state index contributed by atoms with van der Waals surface area (Å²) in [5.41, 5.74) is 1.63. The molecule has 0 saturated carbocycles. The Morgan fingerprint density at radius 2 is 1.72 bits per heavy atom. The molecular formula is C24H18N2O5S. The van der Waals surface area contributed by atoms with Crippen LogP contribution in [0.15, 0.2) is 71.6 Å². The van der Waals surface area contributed by atoms with E-state index in [1.54, 1.807) is 36.4 Å². The number of amides is 3. The number of thioether (sulfide) groups is 1. The van der Waals surface area contributed by atoms with Gasteiger partial charge in [0.05, 0.1) is 17.6 Å². The number of imide groups is 1. The summed E-state index contributed by atoms with van der Waals surface area (Å²) in [4.78, 5) is 50.3. The van der Waals surface area contributed by atoms with Crippen LogP contribution in [0.25, 0.3) is 16.8 Å². The topological polar surface area (TPSA) is 92.8 Å². The van der Waals surface area contributed by atoms with Crippen molar-refractivity contribution in [2.45, 2.75) is 0 Å². The van der Waals surface area contributed by atoms with Crippen LogP contribution in [0.3, 0.4) is 0 Å². The normalized spacial score (nSPS) is 14.8. The predicted octanol–water partition coefficient (Wildman–Crippen LogP) is 4.30. The zero-order valence-electron chi connectivity index (χ0n) is 17.0. The van der Waals surface area contributed by atoms with Crippen LogP contribution in [0.1, 0.15) is 15.9 Å². The van der Waals surface area contributed by atoms with E-state index in [1.807, 2.05) is 36.4 Å². The molecule has 0 spiro atoms. The second kappa shape index (κ2) is 9.07. The molecule has 0 radical (unpaired) electrons. The van der Waals surface area contributed by atoms with Gasteiger partial charge in [0, 0.05) is 11.1 Å². The first-order chi connectivity index (χ1) is 15.5. The fourth-order valence-electron chi connectivity index (χ4n) is 3.29. The summed E-state index contributed by atoms with van der Waals surface area (Å²) in [7, 11) is 1.29. The summed E-state index contributed by atoms with van der Waals surface area (Å²) in [5, 5.41) is 4.11. The van der Waals surface area contributed by atoms with E-state index in [0.29, 0.717) is 16.8 Å². The molecule has 8 heteroatoms. The molecule has 1 heterocycles. The molecule has 0 aromatic heterocycles. The average Bonchev–Trinajstić information content (AvgIpc) is 3.06. The molecule has 0 aliphatic carbocycles. The summed E-state index contributed by atoms with van der Waals surface area (Å²) in [5.74, 6) is -1.47. The van der Waals surface area contributed by atoms with E-state index in [9.17, 15) is 19.2 Å². The molecule has 0 atom stereocenters. The van der Waals surface area contributed by atoms with Gasteiger partial charge in [0.2, 0.25) is 5.91 Å². The Bertz CT molecular complexity index is 1260. The largest absolute Gasteiger partial charge is 0.465 e. The van der Waals surface area contributed by atoms with Crippen molar-refractivity contribution in [1.82, 2.24) is 4.90 Å². The lowest BCUT2D eigenvalue weighted by Crippen LogP contribution is -2.36. The Morgan fingerprint density at radius 1 is 1.00 bits per heavy atom. The molecule has 3 amide bonds. The van der Waals surface area contributed by atoms with Crippen LogP contribution in [0.4, 0.5) is 10.5 Å². The lowest BCUT2D eigenvalue weighted by molar-refractivity contribution is -0.127. The van der Waals surface area contributed by atoms with Gasteiger partial charge < -0.3 is 10.1 Å². The third kappa shape index (κ3) is 4.40. The first-order valence-electron chi connectivity index (χ1n) is 9.67. The number of carbonyl (C=O) groups excluding carboxylic acids is 4. The number of ether oxygens (including phenoxy) is 1. The number of esters is 1. The summed E-state index contributed by atoms with van der Waals surface area (Å²) >= 11 is 0.769. The molecule has 7 nitrogen and oxygen atoms in total. The number of hydrogen-bond donors (Lipinski definition) is 1. The average molecular weight is 446 g/mol. The molecule has 1 aliphatic heterocycles. The van der Waals surface area contributed by atoms with Gasteiger partial charge in [0.1, 0.15) is 6.54 Å². The van der Waals surface area contributed by atoms with E-state index < -0.39 is 23.0 Å². The number of benzene rings is 3. The third-order valence-corrected chi connectivity index (χ3v) is 5.78. The van der Waals surface area contributed by atoms with Gasteiger partial charge in [-0.15, -0.1) is 0 Å². The molecule has 1 fully saturated rings. The van der Waals surface area contributed by atoms with Crippen molar-refractivity contribution in [3.8, 4) is 0 Å². The lowest BCUT2D eigenvalue weighted by atomic mass is 10.1. The Morgan fingerprint density at radius 3 is 2.47 bits per heavy atom. The number of rotatable bonds is 5. The summed E-state index contributed by atoms with van der Waals surface area (Å²) in [6.45, 7) is -0.382. The molecule has 4 rings (SSSR count). The standard InChI is InChI=1S/C24H18N2O5S/c1-31-23(29)17-11-9-15(10-12-17)13-20-22(28)26(24(30)32-20)14-21(27)25-19-8-4-6-16-5-2-3-7-18(16)19/h2-13H,14H2,1H3,(H,25,27)/b20-13+. The number of anilines is 1. The van der Waals surface area contributed by atoms with Crippen molar-refractivity contribution in [3.05, 3.63) is 82.8 Å².